The summed E-state index contributed by atoms with van der Waals surface area (Å²) < 4.78 is 0. The monoisotopic (exact) mass is 90.0 g/mol. The van der Waals surface area contributed by atoms with Crippen molar-refractivity contribution in [3.63, 3.8) is 0 Å². The molecular weight excluding hydrogens is 84.1 g/mol. The second-order valence-electron chi connectivity index (χ2n) is 4.27. The first-order valence-corrected chi connectivity index (χ1v) is 3.47. The molecule has 0 aromatic heterocycles. The fourth-order valence-electron chi connectivity index (χ4n) is 4.97. The third-order valence-corrected chi connectivity index (χ3v) is 4.96. The third-order valence-electron chi connectivity index (χ3n) is 4.96. The molecule has 0 aromatic carbocycles. The van der Waals surface area contributed by atoms with E-state index in [1.165, 1.54) is 23.7 Å². The molecule has 7 aliphatic carbocycles. The first-order chi connectivity index (χ1) is 3.47. The van der Waals surface area contributed by atoms with Gasteiger partial charge in [0.05, 0.1) is 0 Å². The average molecular weight is 90.1 g/mol. The van der Waals surface area contributed by atoms with Gasteiger partial charge >= 0.3 is 0 Å². The Morgan fingerprint density at radius 2 is 1.57 bits per heavy atom. The molecule has 0 amide bonds. The first kappa shape index (κ1) is 2.08. The Morgan fingerprint density at radius 3 is 1.71 bits per heavy atom. The average Bonchev–Trinajstić information content (AvgIpc) is 2.53. The number of rotatable bonds is 0. The van der Waals surface area contributed by atoms with Gasteiger partial charge in [0.25, 0.3) is 0 Å². The highest BCUT2D eigenvalue weighted by atomic mass is 15.3. The van der Waals surface area contributed by atoms with Crippen LogP contribution in [0.5, 0.6) is 0 Å². The van der Waals surface area contributed by atoms with Crippen LogP contribution in [0.15, 0.2) is 0 Å². The van der Waals surface area contributed by atoms with Gasteiger partial charge in [0.2, 0.25) is 0 Å². The van der Waals surface area contributed by atoms with Crippen LogP contribution in [0.25, 0.3) is 0 Å². The Labute approximate surface area is 41.9 Å². The third kappa shape index (κ3) is 0.0400. The SMILES string of the molecule is C1C2C3C24C2[C@@H]1C324. The van der Waals surface area contributed by atoms with Crippen molar-refractivity contribution in [2.24, 2.45) is 34.5 Å². The highest BCUT2D eigenvalue weighted by molar-refractivity contribution is 5.73. The van der Waals surface area contributed by atoms with Gasteiger partial charge in [-0.15, -0.1) is 0 Å². The summed E-state index contributed by atoms with van der Waals surface area (Å²) in [7, 11) is 0. The predicted molar refractivity (Wildman–Crippen MR) is 23.4 cm³/mol. The molecule has 6 atom stereocenters. The zero-order valence-corrected chi connectivity index (χ0v) is 4.02. The van der Waals surface area contributed by atoms with E-state index in [1.54, 1.807) is 6.42 Å². The maximum atomic E-state index is 1.68. The van der Waals surface area contributed by atoms with E-state index < -0.39 is 0 Å². The van der Waals surface area contributed by atoms with Gasteiger partial charge in [-0.25, -0.2) is 0 Å². The Bertz CT molecular complexity index is 180. The van der Waals surface area contributed by atoms with Crippen molar-refractivity contribution in [1.82, 2.24) is 0 Å². The fraction of sp³-hybridized carbons (Fsp3) is 1.00. The van der Waals surface area contributed by atoms with Crippen LogP contribution >= 0.6 is 0 Å². The van der Waals surface area contributed by atoms with Gasteiger partial charge in [-0.1, -0.05) is 0 Å². The largest absolute Gasteiger partial charge is 0.0458 e. The van der Waals surface area contributed by atoms with Crippen LogP contribution in [-0.2, 0) is 0 Å². The van der Waals surface area contributed by atoms with Gasteiger partial charge in [-0.05, 0) is 40.9 Å². The van der Waals surface area contributed by atoms with Gasteiger partial charge in [-0.3, -0.25) is 0 Å². The molecule has 0 heteroatoms. The van der Waals surface area contributed by atoms with Crippen molar-refractivity contribution in [3.05, 3.63) is 0 Å². The van der Waals surface area contributed by atoms with E-state index in [4.69, 9.17) is 0 Å². The molecule has 7 rings (SSSR count). The van der Waals surface area contributed by atoms with Crippen LogP contribution in [0.4, 0.5) is 0 Å². The van der Waals surface area contributed by atoms with Gasteiger partial charge < -0.3 is 0 Å². The molecule has 7 aliphatic rings. The second-order valence-corrected chi connectivity index (χ2v) is 4.27. The molecule has 2 spiro atoms. The van der Waals surface area contributed by atoms with E-state index in [2.05, 4.69) is 0 Å². The molecule has 0 aromatic rings. The highest BCUT2D eigenvalue weighted by Gasteiger charge is 3.28. The first-order valence-electron chi connectivity index (χ1n) is 3.47. The molecule has 0 aliphatic heterocycles. The molecular formula is C7H6. The van der Waals surface area contributed by atoms with E-state index >= 15 is 0 Å². The van der Waals surface area contributed by atoms with E-state index in [1.807, 2.05) is 0 Å². The van der Waals surface area contributed by atoms with E-state index in [9.17, 15) is 0 Å². The van der Waals surface area contributed by atoms with Crippen molar-refractivity contribution in [2.75, 3.05) is 0 Å². The summed E-state index contributed by atoms with van der Waals surface area (Å²) in [6.45, 7) is 0. The van der Waals surface area contributed by atoms with Crippen LogP contribution < -0.4 is 0 Å². The maximum Gasteiger partial charge on any atom is -0.0127 e. The molecule has 4 bridgehead atoms. The second kappa shape index (κ2) is 0.240. The Kier molecular flexibility index (Phi) is 0.0714. The van der Waals surface area contributed by atoms with Gasteiger partial charge in [0.1, 0.15) is 0 Å². The van der Waals surface area contributed by atoms with Crippen LogP contribution in [0, 0.1) is 34.5 Å². The van der Waals surface area contributed by atoms with Crippen LogP contribution in [0.1, 0.15) is 6.42 Å². The normalized spacial score (nSPS) is 120. The summed E-state index contributed by atoms with van der Waals surface area (Å²) in [4.78, 5) is 0. The summed E-state index contributed by atoms with van der Waals surface area (Å²) >= 11 is 0. The maximum absolute atomic E-state index is 1.68. The summed E-state index contributed by atoms with van der Waals surface area (Å²) in [6.07, 6.45) is 1.68. The topological polar surface area (TPSA) is 0 Å². The van der Waals surface area contributed by atoms with E-state index in [0.29, 0.717) is 0 Å². The van der Waals surface area contributed by atoms with Crippen LogP contribution in [-0.4, -0.2) is 0 Å². The Morgan fingerprint density at radius 1 is 1.00 bits per heavy atom. The van der Waals surface area contributed by atoms with Crippen molar-refractivity contribution in [1.29, 1.82) is 0 Å². The molecule has 0 N–H and O–H groups in total. The van der Waals surface area contributed by atoms with Crippen LogP contribution in [0.3, 0.4) is 0 Å². The zero-order valence-electron chi connectivity index (χ0n) is 4.02. The minimum absolute atomic E-state index is 1.15. The summed E-state index contributed by atoms with van der Waals surface area (Å²) in [6, 6.07) is 0. The van der Waals surface area contributed by atoms with E-state index in [-0.39, 0.29) is 0 Å². The predicted octanol–water partition coefficient (Wildman–Crippen LogP) is 0.882. The summed E-state index contributed by atoms with van der Waals surface area (Å²) in [5.41, 5.74) is 2.30. The summed E-state index contributed by atoms with van der Waals surface area (Å²) in [5.74, 6) is 5.36. The van der Waals surface area contributed by atoms with Crippen molar-refractivity contribution in [2.45, 2.75) is 6.42 Å². The van der Waals surface area contributed by atoms with Gasteiger partial charge in [0, 0.05) is 0 Å². The van der Waals surface area contributed by atoms with Gasteiger partial charge in [0.15, 0.2) is 0 Å². The molecule has 34 valence electrons. The Balaban J connectivity index is 2.32. The lowest BCUT2D eigenvalue weighted by atomic mass is 10.2. The molecule has 7 fully saturated rings. The molecule has 0 heterocycles. The molecule has 7 heavy (non-hydrogen) atoms. The standard InChI is InChI=1S/C7H6/c1-2-4-6(2)5-3(1)7(4,5)6/h2-5H,1H2/t2-,3?,4?,5?,6?,7?/m1/s1. The lowest BCUT2D eigenvalue weighted by Gasteiger charge is -1.82. The molecule has 0 saturated heterocycles. The zero-order chi connectivity index (χ0) is 4.02. The highest BCUT2D eigenvalue weighted by Crippen LogP contribution is 3.30. The molecule has 0 nitrogen and oxygen atoms in total. The molecule has 5 unspecified atom stereocenters. The minimum Gasteiger partial charge on any atom is -0.0458 e. The quantitative estimate of drug-likeness (QED) is 0.414. The number of hydrogen-bond acceptors (Lipinski definition) is 0. The number of hydrogen-bond donors (Lipinski definition) is 0. The molecule has 7 saturated carbocycles. The van der Waals surface area contributed by atoms with Crippen LogP contribution in [0.2, 0.25) is 0 Å². The lowest BCUT2D eigenvalue weighted by Crippen LogP contribution is -1.80. The molecule has 0 radical (unpaired) electrons. The Hall–Kier alpha value is 0. The van der Waals surface area contributed by atoms with Crippen molar-refractivity contribution in [3.8, 4) is 0 Å². The van der Waals surface area contributed by atoms with E-state index in [0.717, 1.165) is 10.8 Å². The van der Waals surface area contributed by atoms with Crippen molar-refractivity contribution >= 4 is 0 Å². The smallest absolute Gasteiger partial charge is 0.0127 e. The fourth-order valence-corrected chi connectivity index (χ4v) is 4.97. The minimum atomic E-state index is 1.15. The van der Waals surface area contributed by atoms with Gasteiger partial charge in [-0.2, -0.15) is 0 Å². The summed E-state index contributed by atoms with van der Waals surface area (Å²) in [5, 5.41) is 0. The lowest BCUT2D eigenvalue weighted by molar-refractivity contribution is 0.632. The van der Waals surface area contributed by atoms with Crippen molar-refractivity contribution < 1.29 is 0 Å².